The lowest BCUT2D eigenvalue weighted by Crippen LogP contribution is -2.46. The number of aromatic nitrogens is 5. The van der Waals surface area contributed by atoms with Crippen LogP contribution in [0, 0.1) is 0 Å². The Labute approximate surface area is 167 Å². The number of aromatic amines is 2. The molecule has 0 amide bonds. The molecule has 1 aliphatic heterocycles. The minimum Gasteiger partial charge on any atom is -0.368 e. The molecule has 1 aliphatic rings. The monoisotopic (exact) mass is 389 g/mol. The Kier molecular flexibility index (Phi) is 4.48. The summed E-state index contributed by atoms with van der Waals surface area (Å²) < 4.78 is 0. The van der Waals surface area contributed by atoms with Crippen molar-refractivity contribution in [3.05, 3.63) is 58.3 Å². The summed E-state index contributed by atoms with van der Waals surface area (Å²) in [6, 6.07) is 6.05. The Balaban J connectivity index is 1.27. The molecule has 4 aromatic rings. The van der Waals surface area contributed by atoms with Crippen LogP contribution in [-0.2, 0) is 13.0 Å². The van der Waals surface area contributed by atoms with E-state index in [1.807, 2.05) is 31.5 Å². The maximum Gasteiger partial charge on any atom is 0.251 e. The van der Waals surface area contributed by atoms with Crippen molar-refractivity contribution in [2.75, 3.05) is 31.1 Å². The molecule has 5 heterocycles. The number of hydrogen-bond donors (Lipinski definition) is 2. The van der Waals surface area contributed by atoms with Crippen LogP contribution in [0.1, 0.15) is 18.1 Å². The van der Waals surface area contributed by atoms with Crippen LogP contribution < -0.4 is 10.5 Å². The van der Waals surface area contributed by atoms with Crippen molar-refractivity contribution >= 4 is 27.8 Å². The zero-order valence-electron chi connectivity index (χ0n) is 16.4. The number of anilines is 1. The SMILES string of the molecule is CCc1cc2ncc(CN3CCN(c4cnc5cn[nH]c5c4)CC3)cc2[nH]c1=O. The first-order valence-electron chi connectivity index (χ1n) is 9.97. The summed E-state index contributed by atoms with van der Waals surface area (Å²) in [5.41, 5.74) is 6.50. The molecule has 0 radical (unpaired) electrons. The van der Waals surface area contributed by atoms with E-state index in [1.165, 1.54) is 0 Å². The first-order chi connectivity index (χ1) is 14.2. The number of fused-ring (bicyclic) bond motifs is 2. The van der Waals surface area contributed by atoms with E-state index < -0.39 is 0 Å². The largest absolute Gasteiger partial charge is 0.368 e. The van der Waals surface area contributed by atoms with Gasteiger partial charge in [-0.1, -0.05) is 6.92 Å². The van der Waals surface area contributed by atoms with Crippen LogP contribution >= 0.6 is 0 Å². The lowest BCUT2D eigenvalue weighted by molar-refractivity contribution is 0.249. The van der Waals surface area contributed by atoms with Crippen LogP contribution in [0.5, 0.6) is 0 Å². The minimum atomic E-state index is -0.0181. The van der Waals surface area contributed by atoms with Gasteiger partial charge in [0.1, 0.15) is 5.52 Å². The second-order valence-electron chi connectivity index (χ2n) is 7.51. The zero-order chi connectivity index (χ0) is 19.8. The van der Waals surface area contributed by atoms with Crippen molar-refractivity contribution in [1.29, 1.82) is 0 Å². The third-order valence-corrected chi connectivity index (χ3v) is 5.63. The highest BCUT2D eigenvalue weighted by Crippen LogP contribution is 2.20. The molecule has 0 saturated carbocycles. The van der Waals surface area contributed by atoms with Gasteiger partial charge in [0.05, 0.1) is 34.6 Å². The normalized spacial score (nSPS) is 15.4. The van der Waals surface area contributed by atoms with Crippen LogP contribution in [0.25, 0.3) is 22.1 Å². The van der Waals surface area contributed by atoms with E-state index in [0.29, 0.717) is 6.42 Å². The lowest BCUT2D eigenvalue weighted by atomic mass is 10.1. The van der Waals surface area contributed by atoms with Gasteiger partial charge in [0.2, 0.25) is 0 Å². The summed E-state index contributed by atoms with van der Waals surface area (Å²) in [5, 5.41) is 7.03. The van der Waals surface area contributed by atoms with E-state index in [4.69, 9.17) is 0 Å². The van der Waals surface area contributed by atoms with E-state index in [9.17, 15) is 4.79 Å². The van der Waals surface area contributed by atoms with Crippen molar-refractivity contribution in [1.82, 2.24) is 30.0 Å². The summed E-state index contributed by atoms with van der Waals surface area (Å²) in [6.45, 7) is 6.62. The highest BCUT2D eigenvalue weighted by molar-refractivity contribution is 5.77. The summed E-state index contributed by atoms with van der Waals surface area (Å²) >= 11 is 0. The third kappa shape index (κ3) is 3.47. The predicted molar refractivity (Wildman–Crippen MR) is 113 cm³/mol. The van der Waals surface area contributed by atoms with E-state index >= 15 is 0 Å². The van der Waals surface area contributed by atoms with Gasteiger partial charge in [0, 0.05) is 44.5 Å². The molecular formula is C21H23N7O. The number of nitrogens with zero attached hydrogens (tertiary/aromatic N) is 5. The first kappa shape index (κ1) is 17.8. The topological polar surface area (TPSA) is 93.8 Å². The second-order valence-corrected chi connectivity index (χ2v) is 7.51. The average Bonchev–Trinajstić information content (AvgIpc) is 3.21. The number of piperazine rings is 1. The fraction of sp³-hybridized carbons (Fsp3) is 0.333. The van der Waals surface area contributed by atoms with Crippen LogP contribution in [-0.4, -0.2) is 56.2 Å². The summed E-state index contributed by atoms with van der Waals surface area (Å²) in [6.07, 6.45) is 6.29. The molecule has 0 unspecified atom stereocenters. The smallest absolute Gasteiger partial charge is 0.251 e. The van der Waals surface area contributed by atoms with E-state index in [-0.39, 0.29) is 5.56 Å². The van der Waals surface area contributed by atoms with Crippen molar-refractivity contribution in [2.45, 2.75) is 19.9 Å². The zero-order valence-corrected chi connectivity index (χ0v) is 16.4. The van der Waals surface area contributed by atoms with Crippen molar-refractivity contribution in [3.63, 3.8) is 0 Å². The standard InChI is InChI=1S/C21H23N7O/c1-2-15-8-17-18(25-21(15)29)7-14(10-22-17)13-27-3-5-28(6-4-27)16-9-19-20(23-11-16)12-24-26-19/h7-12H,2-6,13H2,1H3,(H,24,26)(H,25,29). The van der Waals surface area contributed by atoms with Gasteiger partial charge in [0.25, 0.3) is 5.56 Å². The number of nitrogens with one attached hydrogen (secondary N) is 2. The van der Waals surface area contributed by atoms with Crippen molar-refractivity contribution in [2.24, 2.45) is 0 Å². The van der Waals surface area contributed by atoms with E-state index in [2.05, 4.69) is 41.0 Å². The fourth-order valence-electron chi connectivity index (χ4n) is 3.93. The highest BCUT2D eigenvalue weighted by Gasteiger charge is 2.18. The number of pyridine rings is 3. The molecule has 4 aromatic heterocycles. The number of H-pyrrole nitrogens is 2. The summed E-state index contributed by atoms with van der Waals surface area (Å²) in [7, 11) is 0. The maximum absolute atomic E-state index is 12.1. The molecule has 0 atom stereocenters. The van der Waals surface area contributed by atoms with Gasteiger partial charge in [0.15, 0.2) is 0 Å². The molecule has 0 bridgehead atoms. The van der Waals surface area contributed by atoms with E-state index in [1.54, 1.807) is 6.20 Å². The Bertz CT molecular complexity index is 1220. The van der Waals surface area contributed by atoms with Crippen LogP contribution in [0.4, 0.5) is 5.69 Å². The fourth-order valence-corrected chi connectivity index (χ4v) is 3.93. The van der Waals surface area contributed by atoms with Crippen molar-refractivity contribution < 1.29 is 0 Å². The lowest BCUT2D eigenvalue weighted by Gasteiger charge is -2.35. The second kappa shape index (κ2) is 7.29. The molecule has 8 nitrogen and oxygen atoms in total. The maximum atomic E-state index is 12.1. The van der Waals surface area contributed by atoms with E-state index in [0.717, 1.165) is 71.6 Å². The van der Waals surface area contributed by atoms with Crippen LogP contribution in [0.3, 0.4) is 0 Å². The molecule has 0 spiro atoms. The van der Waals surface area contributed by atoms with Gasteiger partial charge in [-0.05, 0) is 30.2 Å². The van der Waals surface area contributed by atoms with Gasteiger partial charge in [-0.25, -0.2) is 0 Å². The molecule has 5 rings (SSSR count). The molecule has 2 N–H and O–H groups in total. The molecule has 1 fully saturated rings. The predicted octanol–water partition coefficient (Wildman–Crippen LogP) is 2.08. The Morgan fingerprint density at radius 2 is 1.79 bits per heavy atom. The molecule has 8 heteroatoms. The number of aryl methyl sites for hydroxylation is 1. The molecule has 148 valence electrons. The first-order valence-corrected chi connectivity index (χ1v) is 9.97. The van der Waals surface area contributed by atoms with Gasteiger partial charge in [-0.15, -0.1) is 0 Å². The molecular weight excluding hydrogens is 366 g/mol. The Morgan fingerprint density at radius 3 is 2.62 bits per heavy atom. The summed E-state index contributed by atoms with van der Waals surface area (Å²) in [5.74, 6) is 0. The van der Waals surface area contributed by atoms with Gasteiger partial charge >= 0.3 is 0 Å². The van der Waals surface area contributed by atoms with Gasteiger partial charge in [-0.2, -0.15) is 5.10 Å². The quantitative estimate of drug-likeness (QED) is 0.555. The average molecular weight is 389 g/mol. The molecule has 0 aliphatic carbocycles. The Morgan fingerprint density at radius 1 is 0.966 bits per heavy atom. The molecule has 1 saturated heterocycles. The summed E-state index contributed by atoms with van der Waals surface area (Å²) in [4.78, 5) is 28.9. The Hall–Kier alpha value is -3.26. The van der Waals surface area contributed by atoms with Crippen molar-refractivity contribution in [3.8, 4) is 0 Å². The van der Waals surface area contributed by atoms with Gasteiger partial charge < -0.3 is 9.88 Å². The number of hydrogen-bond acceptors (Lipinski definition) is 6. The van der Waals surface area contributed by atoms with Gasteiger partial charge in [-0.3, -0.25) is 24.8 Å². The number of rotatable bonds is 4. The van der Waals surface area contributed by atoms with Crippen LogP contribution in [0.15, 0.2) is 41.6 Å². The third-order valence-electron chi connectivity index (χ3n) is 5.63. The van der Waals surface area contributed by atoms with Crippen LogP contribution in [0.2, 0.25) is 0 Å². The highest BCUT2D eigenvalue weighted by atomic mass is 16.1. The minimum absolute atomic E-state index is 0.0181. The molecule has 29 heavy (non-hydrogen) atoms. The molecule has 0 aromatic carbocycles.